The summed E-state index contributed by atoms with van der Waals surface area (Å²) in [5.41, 5.74) is 0.747. The van der Waals surface area contributed by atoms with Crippen LogP contribution < -0.4 is 10.5 Å². The molecule has 3 aromatic rings. The molecule has 0 radical (unpaired) electrons. The molecule has 2 atom stereocenters. The quantitative estimate of drug-likeness (QED) is 0.529. The van der Waals surface area contributed by atoms with Crippen molar-refractivity contribution in [3.05, 3.63) is 72.1 Å². The lowest BCUT2D eigenvalue weighted by molar-refractivity contribution is 0.0568. The SMILES string of the molecule is C[C@H](CNC[C@@](C)(O)c1ccccc1)c1nccc2cc(S(N)(=O)=O)ccc12.Cl. The fraction of sp³-hybridized carbons (Fsp3) is 0.286. The fourth-order valence-electron chi connectivity index (χ4n) is 3.28. The minimum absolute atomic E-state index is 0. The van der Waals surface area contributed by atoms with E-state index in [0.717, 1.165) is 22.0 Å². The number of hydrogen-bond donors (Lipinski definition) is 3. The highest BCUT2D eigenvalue weighted by molar-refractivity contribution is 7.89. The molecule has 0 amide bonds. The average Bonchev–Trinajstić information content (AvgIpc) is 2.67. The van der Waals surface area contributed by atoms with E-state index in [9.17, 15) is 13.5 Å². The molecule has 156 valence electrons. The maximum absolute atomic E-state index is 11.6. The molecule has 0 aliphatic rings. The number of aliphatic hydroxyl groups is 1. The number of hydrogen-bond acceptors (Lipinski definition) is 5. The highest BCUT2D eigenvalue weighted by atomic mass is 35.5. The summed E-state index contributed by atoms with van der Waals surface area (Å²) in [6, 6.07) is 16.1. The van der Waals surface area contributed by atoms with Crippen molar-refractivity contribution < 1.29 is 13.5 Å². The van der Waals surface area contributed by atoms with Gasteiger partial charge in [0.05, 0.1) is 16.2 Å². The van der Waals surface area contributed by atoms with Crippen LogP contribution in [-0.2, 0) is 15.6 Å². The first-order valence-electron chi connectivity index (χ1n) is 9.08. The van der Waals surface area contributed by atoms with Gasteiger partial charge >= 0.3 is 0 Å². The van der Waals surface area contributed by atoms with Crippen molar-refractivity contribution in [2.45, 2.75) is 30.3 Å². The van der Waals surface area contributed by atoms with Crippen LogP contribution in [0.25, 0.3) is 10.8 Å². The zero-order chi connectivity index (χ0) is 20.4. The molecule has 29 heavy (non-hydrogen) atoms. The van der Waals surface area contributed by atoms with Crippen molar-refractivity contribution in [1.29, 1.82) is 0 Å². The summed E-state index contributed by atoms with van der Waals surface area (Å²) in [4.78, 5) is 4.57. The van der Waals surface area contributed by atoms with E-state index in [0.29, 0.717) is 13.1 Å². The Morgan fingerprint density at radius 3 is 2.52 bits per heavy atom. The minimum atomic E-state index is -3.74. The maximum Gasteiger partial charge on any atom is 0.238 e. The maximum atomic E-state index is 11.6. The van der Waals surface area contributed by atoms with E-state index in [2.05, 4.69) is 10.3 Å². The van der Waals surface area contributed by atoms with Gasteiger partial charge in [-0.3, -0.25) is 4.98 Å². The zero-order valence-corrected chi connectivity index (χ0v) is 18.0. The van der Waals surface area contributed by atoms with Crippen LogP contribution in [0.15, 0.2) is 65.7 Å². The number of nitrogens with zero attached hydrogens (tertiary/aromatic N) is 1. The molecule has 0 spiro atoms. The average molecular weight is 436 g/mol. The number of nitrogens with two attached hydrogens (primary N) is 1. The Labute approximate surface area is 177 Å². The number of pyridine rings is 1. The number of sulfonamides is 1. The summed E-state index contributed by atoms with van der Waals surface area (Å²) >= 11 is 0. The molecule has 3 rings (SSSR count). The molecule has 6 nitrogen and oxygen atoms in total. The number of benzene rings is 2. The van der Waals surface area contributed by atoms with E-state index < -0.39 is 15.6 Å². The Kier molecular flexibility index (Phi) is 7.37. The van der Waals surface area contributed by atoms with Crippen molar-refractivity contribution in [3.8, 4) is 0 Å². The molecule has 0 unspecified atom stereocenters. The number of rotatable bonds is 7. The first-order valence-corrected chi connectivity index (χ1v) is 10.6. The minimum Gasteiger partial charge on any atom is -0.384 e. The van der Waals surface area contributed by atoms with Crippen LogP contribution >= 0.6 is 12.4 Å². The molecule has 0 aliphatic heterocycles. The number of nitrogens with one attached hydrogen (secondary N) is 1. The molecule has 1 heterocycles. The standard InChI is InChI=1S/C21H25N3O3S.ClH/c1-15(13-23-14-21(2,25)17-6-4-3-5-7-17)20-19-9-8-18(28(22,26)27)12-16(19)10-11-24-20;/h3-12,15,23,25H,13-14H2,1-2H3,(H2,22,26,27);1H/t15-,21-;/m1./s1. The summed E-state index contributed by atoms with van der Waals surface area (Å²) in [6.45, 7) is 4.85. The first-order chi connectivity index (χ1) is 13.2. The molecule has 8 heteroatoms. The second kappa shape index (κ2) is 9.19. The summed E-state index contributed by atoms with van der Waals surface area (Å²) in [5, 5.41) is 20.9. The Bertz CT molecular complexity index is 1070. The van der Waals surface area contributed by atoms with Crippen molar-refractivity contribution >= 4 is 33.2 Å². The van der Waals surface area contributed by atoms with Crippen molar-refractivity contribution in [2.75, 3.05) is 13.1 Å². The van der Waals surface area contributed by atoms with Gasteiger partial charge in [-0.2, -0.15) is 0 Å². The topological polar surface area (TPSA) is 105 Å². The number of fused-ring (bicyclic) bond motifs is 1. The summed E-state index contributed by atoms with van der Waals surface area (Å²) < 4.78 is 23.2. The highest BCUT2D eigenvalue weighted by Crippen LogP contribution is 2.26. The van der Waals surface area contributed by atoms with Gasteiger partial charge in [0, 0.05) is 30.6 Å². The molecular weight excluding hydrogens is 410 g/mol. The molecule has 0 bridgehead atoms. The van der Waals surface area contributed by atoms with Crippen molar-refractivity contribution in [2.24, 2.45) is 5.14 Å². The van der Waals surface area contributed by atoms with Gasteiger partial charge in [0.15, 0.2) is 0 Å². The number of primary sulfonamides is 1. The van der Waals surface area contributed by atoms with E-state index in [4.69, 9.17) is 5.14 Å². The summed E-state index contributed by atoms with van der Waals surface area (Å²) in [6.07, 6.45) is 1.67. The monoisotopic (exact) mass is 435 g/mol. The highest BCUT2D eigenvalue weighted by Gasteiger charge is 2.23. The van der Waals surface area contributed by atoms with Gasteiger partial charge in [0.2, 0.25) is 10.0 Å². The van der Waals surface area contributed by atoms with Crippen LogP contribution in [0.3, 0.4) is 0 Å². The van der Waals surface area contributed by atoms with Gasteiger partial charge < -0.3 is 10.4 Å². The van der Waals surface area contributed by atoms with E-state index in [1.165, 1.54) is 6.07 Å². The van der Waals surface area contributed by atoms with Gasteiger partial charge in [-0.15, -0.1) is 12.4 Å². The lowest BCUT2D eigenvalue weighted by Gasteiger charge is -2.25. The lowest BCUT2D eigenvalue weighted by Crippen LogP contribution is -2.37. The van der Waals surface area contributed by atoms with Crippen LogP contribution in [-0.4, -0.2) is 31.6 Å². The van der Waals surface area contributed by atoms with Crippen LogP contribution in [0.5, 0.6) is 0 Å². The molecule has 2 aromatic carbocycles. The molecule has 0 fully saturated rings. The third-order valence-electron chi connectivity index (χ3n) is 4.88. The van der Waals surface area contributed by atoms with Crippen molar-refractivity contribution in [3.63, 3.8) is 0 Å². The van der Waals surface area contributed by atoms with Gasteiger partial charge in [0.1, 0.15) is 0 Å². The normalized spacial score (nSPS) is 14.8. The predicted octanol–water partition coefficient (Wildman–Crippen LogP) is 2.90. The third kappa shape index (κ3) is 5.52. The Morgan fingerprint density at radius 1 is 1.17 bits per heavy atom. The Hall–Kier alpha value is -2.03. The van der Waals surface area contributed by atoms with Gasteiger partial charge in [0.25, 0.3) is 0 Å². The predicted molar refractivity (Wildman–Crippen MR) is 118 cm³/mol. The third-order valence-corrected chi connectivity index (χ3v) is 5.79. The van der Waals surface area contributed by atoms with E-state index in [1.54, 1.807) is 31.3 Å². The van der Waals surface area contributed by atoms with Crippen molar-refractivity contribution in [1.82, 2.24) is 10.3 Å². The van der Waals surface area contributed by atoms with Gasteiger partial charge in [-0.05, 0) is 36.1 Å². The molecule has 1 aromatic heterocycles. The van der Waals surface area contributed by atoms with Crippen LogP contribution in [0.1, 0.15) is 31.0 Å². The lowest BCUT2D eigenvalue weighted by atomic mass is 9.95. The van der Waals surface area contributed by atoms with E-state index in [1.807, 2.05) is 37.3 Å². The Balaban J connectivity index is 0.00000300. The molecular formula is C21H26ClN3O3S. The van der Waals surface area contributed by atoms with E-state index in [-0.39, 0.29) is 23.2 Å². The van der Waals surface area contributed by atoms with E-state index >= 15 is 0 Å². The smallest absolute Gasteiger partial charge is 0.238 e. The second-order valence-corrected chi connectivity index (χ2v) is 8.86. The van der Waals surface area contributed by atoms with Crippen LogP contribution in [0.2, 0.25) is 0 Å². The molecule has 0 saturated carbocycles. The zero-order valence-electron chi connectivity index (χ0n) is 16.4. The number of aromatic nitrogens is 1. The summed E-state index contributed by atoms with van der Waals surface area (Å²) in [5.74, 6) is 0.0654. The number of halogens is 1. The fourth-order valence-corrected chi connectivity index (χ4v) is 3.83. The van der Waals surface area contributed by atoms with Gasteiger partial charge in [-0.1, -0.05) is 43.3 Å². The van der Waals surface area contributed by atoms with Crippen LogP contribution in [0, 0.1) is 0 Å². The first kappa shape index (κ1) is 23.3. The van der Waals surface area contributed by atoms with Crippen LogP contribution in [0.4, 0.5) is 0 Å². The molecule has 0 aliphatic carbocycles. The largest absolute Gasteiger partial charge is 0.384 e. The molecule has 4 N–H and O–H groups in total. The summed E-state index contributed by atoms with van der Waals surface area (Å²) in [7, 11) is -3.74. The Morgan fingerprint density at radius 2 is 1.86 bits per heavy atom. The van der Waals surface area contributed by atoms with Gasteiger partial charge in [-0.25, -0.2) is 13.6 Å². The molecule has 0 saturated heterocycles. The second-order valence-electron chi connectivity index (χ2n) is 7.30.